The number of hydrogen-bond donors (Lipinski definition) is 0. The zero-order chi connectivity index (χ0) is 17.5. The molecule has 2 aromatic heterocycles. The number of amides is 1. The van der Waals surface area contributed by atoms with Crippen LogP contribution < -0.4 is 0 Å². The van der Waals surface area contributed by atoms with E-state index in [1.165, 1.54) is 19.3 Å². The molecule has 3 fully saturated rings. The number of carbonyl (C=O) groups is 1. The normalized spacial score (nSPS) is 23.8. The monoisotopic (exact) mass is 356 g/mol. The molecule has 2 aliphatic carbocycles. The third-order valence-electron chi connectivity index (χ3n) is 5.87. The quantitative estimate of drug-likeness (QED) is 0.818. The van der Waals surface area contributed by atoms with E-state index >= 15 is 0 Å². The molecule has 3 heterocycles. The van der Waals surface area contributed by atoms with Crippen molar-refractivity contribution in [1.82, 2.24) is 30.1 Å². The van der Waals surface area contributed by atoms with Crippen molar-refractivity contribution in [3.05, 3.63) is 23.7 Å². The van der Waals surface area contributed by atoms with Crippen molar-refractivity contribution in [2.24, 2.45) is 0 Å². The molecule has 2 aromatic rings. The Labute approximate surface area is 151 Å². The largest absolute Gasteiger partial charge is 0.423 e. The van der Waals surface area contributed by atoms with E-state index in [1.54, 1.807) is 4.68 Å². The summed E-state index contributed by atoms with van der Waals surface area (Å²) in [5, 5.41) is 16.8. The zero-order valence-corrected chi connectivity index (χ0v) is 14.9. The molecule has 0 N–H and O–H groups in total. The molecule has 1 saturated heterocycles. The van der Waals surface area contributed by atoms with Gasteiger partial charge < -0.3 is 9.32 Å². The first-order chi connectivity index (χ1) is 12.8. The Morgan fingerprint density at radius 2 is 1.85 bits per heavy atom. The maximum Gasteiger partial charge on any atom is 0.245 e. The summed E-state index contributed by atoms with van der Waals surface area (Å²) in [5.41, 5.74) is 1.01. The smallest absolute Gasteiger partial charge is 0.245 e. The highest BCUT2D eigenvalue weighted by atomic mass is 16.4. The second-order valence-corrected chi connectivity index (χ2v) is 7.82. The lowest BCUT2D eigenvalue weighted by molar-refractivity contribution is -0.136. The highest BCUT2D eigenvalue weighted by molar-refractivity contribution is 5.76. The number of carbonyl (C=O) groups excluding carboxylic acids is 1. The first kappa shape index (κ1) is 16.0. The van der Waals surface area contributed by atoms with Gasteiger partial charge in [0.15, 0.2) is 0 Å². The second kappa shape index (κ2) is 6.48. The van der Waals surface area contributed by atoms with Crippen molar-refractivity contribution in [3.63, 3.8) is 0 Å². The summed E-state index contributed by atoms with van der Waals surface area (Å²) < 4.78 is 7.61. The van der Waals surface area contributed by atoms with Crippen molar-refractivity contribution < 1.29 is 9.21 Å². The van der Waals surface area contributed by atoms with E-state index in [-0.39, 0.29) is 18.5 Å². The van der Waals surface area contributed by atoms with E-state index in [9.17, 15) is 4.79 Å². The molecule has 0 spiro atoms. The van der Waals surface area contributed by atoms with Crippen molar-refractivity contribution in [2.75, 3.05) is 6.54 Å². The average Bonchev–Trinajstić information content (AvgIpc) is 3.17. The van der Waals surface area contributed by atoms with Crippen LogP contribution >= 0.6 is 0 Å². The van der Waals surface area contributed by atoms with Crippen LogP contribution in [0.2, 0.25) is 0 Å². The van der Waals surface area contributed by atoms with Gasteiger partial charge in [0.05, 0.1) is 5.69 Å². The number of rotatable bonds is 5. The maximum absolute atomic E-state index is 12.9. The Morgan fingerprint density at radius 3 is 2.62 bits per heavy atom. The van der Waals surface area contributed by atoms with Crippen LogP contribution in [-0.2, 0) is 11.3 Å². The molecule has 1 amide bonds. The van der Waals surface area contributed by atoms with Gasteiger partial charge in [-0.1, -0.05) is 11.6 Å². The van der Waals surface area contributed by atoms with Crippen molar-refractivity contribution in [1.29, 1.82) is 0 Å². The molecule has 1 aliphatic heterocycles. The summed E-state index contributed by atoms with van der Waals surface area (Å²) in [6.07, 6.45) is 10.7. The van der Waals surface area contributed by atoms with E-state index < -0.39 is 0 Å². The SMILES string of the molecule is O=C(Cn1cc(C2CC2)nn1)N1CCCCC1c1nnc(C2CCC2)o1. The molecule has 1 atom stereocenters. The third kappa shape index (κ3) is 3.01. The summed E-state index contributed by atoms with van der Waals surface area (Å²) >= 11 is 0. The first-order valence-electron chi connectivity index (χ1n) is 9.81. The van der Waals surface area contributed by atoms with E-state index in [1.807, 2.05) is 11.1 Å². The first-order valence-corrected chi connectivity index (χ1v) is 9.81. The van der Waals surface area contributed by atoms with Crippen LogP contribution in [0.25, 0.3) is 0 Å². The van der Waals surface area contributed by atoms with E-state index in [0.29, 0.717) is 17.7 Å². The molecule has 3 aliphatic rings. The number of aromatic nitrogens is 5. The van der Waals surface area contributed by atoms with Crippen molar-refractivity contribution >= 4 is 5.91 Å². The lowest BCUT2D eigenvalue weighted by Crippen LogP contribution is -2.40. The minimum Gasteiger partial charge on any atom is -0.423 e. The maximum atomic E-state index is 12.9. The molecule has 5 rings (SSSR count). The van der Waals surface area contributed by atoms with E-state index in [4.69, 9.17) is 4.42 Å². The molecular weight excluding hydrogens is 332 g/mol. The zero-order valence-electron chi connectivity index (χ0n) is 14.9. The van der Waals surface area contributed by atoms with Gasteiger partial charge in [-0.2, -0.15) is 0 Å². The number of likely N-dealkylation sites (tertiary alicyclic amines) is 1. The number of hydrogen-bond acceptors (Lipinski definition) is 6. The molecule has 0 radical (unpaired) electrons. The second-order valence-electron chi connectivity index (χ2n) is 7.82. The van der Waals surface area contributed by atoms with Gasteiger partial charge in [0, 0.05) is 24.6 Å². The molecule has 2 saturated carbocycles. The standard InChI is InChI=1S/C18H24N6O2/c25-16(11-23-10-14(19-22-23)12-7-8-12)24-9-2-1-6-15(24)18-21-20-17(26-18)13-4-3-5-13/h10,12-13,15H,1-9,11H2. The summed E-state index contributed by atoms with van der Waals surface area (Å²) in [5.74, 6) is 2.35. The van der Waals surface area contributed by atoms with Crippen LogP contribution in [0, 0.1) is 0 Å². The highest BCUT2D eigenvalue weighted by Gasteiger charge is 2.34. The van der Waals surface area contributed by atoms with Gasteiger partial charge in [0.25, 0.3) is 0 Å². The van der Waals surface area contributed by atoms with Gasteiger partial charge in [-0.05, 0) is 44.9 Å². The van der Waals surface area contributed by atoms with Gasteiger partial charge in [-0.15, -0.1) is 15.3 Å². The number of piperidine rings is 1. The Bertz CT molecular complexity index is 791. The fraction of sp³-hybridized carbons (Fsp3) is 0.722. The fourth-order valence-corrected chi connectivity index (χ4v) is 3.87. The Kier molecular flexibility index (Phi) is 3.98. The third-order valence-corrected chi connectivity index (χ3v) is 5.87. The van der Waals surface area contributed by atoms with Gasteiger partial charge >= 0.3 is 0 Å². The molecule has 26 heavy (non-hydrogen) atoms. The van der Waals surface area contributed by atoms with Gasteiger partial charge in [0.1, 0.15) is 12.6 Å². The summed E-state index contributed by atoms with van der Waals surface area (Å²) in [6.45, 7) is 0.953. The van der Waals surface area contributed by atoms with E-state index in [0.717, 1.165) is 50.2 Å². The molecule has 0 aromatic carbocycles. The van der Waals surface area contributed by atoms with Crippen LogP contribution in [0.4, 0.5) is 0 Å². The molecule has 8 heteroatoms. The summed E-state index contributed by atoms with van der Waals surface area (Å²) in [4.78, 5) is 14.8. The summed E-state index contributed by atoms with van der Waals surface area (Å²) in [6, 6.07) is -0.107. The Morgan fingerprint density at radius 1 is 1.00 bits per heavy atom. The minimum atomic E-state index is -0.107. The van der Waals surface area contributed by atoms with Crippen molar-refractivity contribution in [2.45, 2.75) is 75.8 Å². The fourth-order valence-electron chi connectivity index (χ4n) is 3.87. The van der Waals surface area contributed by atoms with Crippen molar-refractivity contribution in [3.8, 4) is 0 Å². The predicted molar refractivity (Wildman–Crippen MR) is 91.2 cm³/mol. The van der Waals surface area contributed by atoms with E-state index in [2.05, 4.69) is 20.5 Å². The van der Waals surface area contributed by atoms with Crippen LogP contribution in [-0.4, -0.2) is 42.5 Å². The lowest BCUT2D eigenvalue weighted by Gasteiger charge is -2.33. The summed E-state index contributed by atoms with van der Waals surface area (Å²) in [7, 11) is 0. The topological polar surface area (TPSA) is 89.9 Å². The molecular formula is C18H24N6O2. The Balaban J connectivity index is 1.30. The van der Waals surface area contributed by atoms with Gasteiger partial charge in [-0.3, -0.25) is 4.79 Å². The highest BCUT2D eigenvalue weighted by Crippen LogP contribution is 2.39. The minimum absolute atomic E-state index is 0.0466. The van der Waals surface area contributed by atoms with Crippen LogP contribution in [0.5, 0.6) is 0 Å². The predicted octanol–water partition coefficient (Wildman–Crippen LogP) is 2.56. The molecule has 0 bridgehead atoms. The van der Waals surface area contributed by atoms with Gasteiger partial charge in [-0.25, -0.2) is 4.68 Å². The molecule has 1 unspecified atom stereocenters. The van der Waals surface area contributed by atoms with Crippen LogP contribution in [0.1, 0.15) is 86.7 Å². The lowest BCUT2D eigenvalue weighted by atomic mass is 9.85. The van der Waals surface area contributed by atoms with Crippen LogP contribution in [0.15, 0.2) is 10.6 Å². The van der Waals surface area contributed by atoms with Gasteiger partial charge in [0.2, 0.25) is 17.7 Å². The number of nitrogens with zero attached hydrogens (tertiary/aromatic N) is 6. The van der Waals surface area contributed by atoms with Crippen LogP contribution in [0.3, 0.4) is 0 Å². The average molecular weight is 356 g/mol. The Hall–Kier alpha value is -2.25. The molecule has 138 valence electrons. The molecule has 8 nitrogen and oxygen atoms in total.